The summed E-state index contributed by atoms with van der Waals surface area (Å²) in [6.07, 6.45) is -5.72. The highest BCUT2D eigenvalue weighted by molar-refractivity contribution is 6.11. The number of alkyl halides is 3. The maximum absolute atomic E-state index is 13.9. The van der Waals surface area contributed by atoms with E-state index in [1.165, 1.54) is 0 Å². The van der Waals surface area contributed by atoms with Gasteiger partial charge in [-0.05, 0) is 48.7 Å². The fourth-order valence-corrected chi connectivity index (χ4v) is 2.59. The molecule has 4 nitrogen and oxygen atoms in total. The minimum absolute atomic E-state index is 0.00138. The quantitative estimate of drug-likeness (QED) is 0.499. The predicted octanol–water partition coefficient (Wildman–Crippen LogP) is 4.27. The molecule has 26 heavy (non-hydrogen) atoms. The van der Waals surface area contributed by atoms with Crippen LogP contribution in [0.15, 0.2) is 35.3 Å². The van der Waals surface area contributed by atoms with Crippen LogP contribution >= 0.6 is 0 Å². The molecule has 1 aromatic heterocycles. The van der Waals surface area contributed by atoms with Crippen molar-refractivity contribution in [2.75, 3.05) is 12.8 Å². The van der Waals surface area contributed by atoms with E-state index in [9.17, 15) is 17.6 Å². The zero-order chi connectivity index (χ0) is 19.6. The minimum Gasteiger partial charge on any atom is -0.396 e. The van der Waals surface area contributed by atoms with Gasteiger partial charge in [0.1, 0.15) is 11.5 Å². The number of halogens is 4. The molecule has 0 aliphatic rings. The fourth-order valence-electron chi connectivity index (χ4n) is 2.59. The minimum atomic E-state index is -4.47. The molecule has 0 bridgehead atoms. The molecule has 0 saturated heterocycles. The summed E-state index contributed by atoms with van der Waals surface area (Å²) in [6.45, 7) is 7.29. The first-order valence-electron chi connectivity index (χ1n) is 7.66. The average molecular weight is 366 g/mol. The molecule has 0 saturated carbocycles. The number of rotatable bonds is 4. The van der Waals surface area contributed by atoms with Gasteiger partial charge in [0.15, 0.2) is 0 Å². The molecule has 1 aromatic carbocycles. The standard InChI is InChI=1S/C18H18F4N4/c1-9(2)16(24-4)17-10(3)5-15(25-26-17)12-7-13(19)14(23)6-11(12)8-18(20,21)22/h5-7H,1,8,23H2,2-4H3. The van der Waals surface area contributed by atoms with Crippen LogP contribution in [0, 0.1) is 12.7 Å². The molecule has 8 heteroatoms. The van der Waals surface area contributed by atoms with Gasteiger partial charge in [-0.3, -0.25) is 4.99 Å². The van der Waals surface area contributed by atoms with E-state index in [1.54, 1.807) is 27.0 Å². The SMILES string of the molecule is C=C(C)C(=NC)c1nnc(-c2cc(F)c(N)cc2CC(F)(F)F)cc1C. The first-order valence-corrected chi connectivity index (χ1v) is 7.66. The summed E-state index contributed by atoms with van der Waals surface area (Å²) in [4.78, 5) is 4.10. The second kappa shape index (κ2) is 7.23. The maximum atomic E-state index is 13.9. The third-order valence-electron chi connectivity index (χ3n) is 3.73. The molecule has 0 amide bonds. The van der Waals surface area contributed by atoms with E-state index in [2.05, 4.69) is 21.8 Å². The molecular formula is C18H18F4N4. The molecule has 0 atom stereocenters. The fraction of sp³-hybridized carbons (Fsp3) is 0.278. The smallest absolute Gasteiger partial charge is 0.393 e. The van der Waals surface area contributed by atoms with E-state index in [1.807, 2.05) is 0 Å². The van der Waals surface area contributed by atoms with Crippen LogP contribution in [-0.2, 0) is 6.42 Å². The number of allylic oxidation sites excluding steroid dienone is 1. The van der Waals surface area contributed by atoms with Crippen LogP contribution < -0.4 is 5.73 Å². The Labute approximate surface area is 148 Å². The van der Waals surface area contributed by atoms with Gasteiger partial charge >= 0.3 is 6.18 Å². The van der Waals surface area contributed by atoms with E-state index < -0.39 is 18.4 Å². The van der Waals surface area contributed by atoms with Gasteiger partial charge in [-0.15, -0.1) is 10.2 Å². The van der Waals surface area contributed by atoms with Crippen LogP contribution in [-0.4, -0.2) is 29.1 Å². The largest absolute Gasteiger partial charge is 0.396 e. The van der Waals surface area contributed by atoms with Crippen LogP contribution in [0.5, 0.6) is 0 Å². The van der Waals surface area contributed by atoms with Gasteiger partial charge in [0.25, 0.3) is 0 Å². The number of aliphatic imine (C=N–C) groups is 1. The third kappa shape index (κ3) is 4.25. The summed E-state index contributed by atoms with van der Waals surface area (Å²) in [5.41, 5.74) is 7.36. The third-order valence-corrected chi connectivity index (χ3v) is 3.73. The summed E-state index contributed by atoms with van der Waals surface area (Å²) in [5.74, 6) is -0.813. The molecule has 0 aliphatic heterocycles. The van der Waals surface area contributed by atoms with Crippen molar-refractivity contribution >= 4 is 11.4 Å². The Morgan fingerprint density at radius 1 is 1.23 bits per heavy atom. The van der Waals surface area contributed by atoms with E-state index in [-0.39, 0.29) is 22.5 Å². The van der Waals surface area contributed by atoms with Gasteiger partial charge in [-0.1, -0.05) is 6.58 Å². The second-order valence-corrected chi connectivity index (χ2v) is 5.94. The van der Waals surface area contributed by atoms with Crippen molar-refractivity contribution in [3.05, 3.63) is 53.0 Å². The van der Waals surface area contributed by atoms with E-state index in [0.717, 1.165) is 12.1 Å². The Balaban J connectivity index is 2.60. The van der Waals surface area contributed by atoms with Crippen molar-refractivity contribution in [1.29, 1.82) is 0 Å². The Hall–Kier alpha value is -2.77. The van der Waals surface area contributed by atoms with Gasteiger partial charge in [-0.25, -0.2) is 4.39 Å². The Morgan fingerprint density at radius 2 is 1.88 bits per heavy atom. The molecule has 0 fully saturated rings. The van der Waals surface area contributed by atoms with Crippen LogP contribution in [0.2, 0.25) is 0 Å². The number of benzene rings is 1. The molecule has 0 unspecified atom stereocenters. The molecule has 2 rings (SSSR count). The van der Waals surface area contributed by atoms with Crippen LogP contribution in [0.25, 0.3) is 11.3 Å². The van der Waals surface area contributed by atoms with Gasteiger partial charge in [-0.2, -0.15) is 13.2 Å². The highest BCUT2D eigenvalue weighted by atomic mass is 19.4. The number of nitrogen functional groups attached to an aromatic ring is 1. The highest BCUT2D eigenvalue weighted by Gasteiger charge is 2.30. The summed E-state index contributed by atoms with van der Waals surface area (Å²) in [7, 11) is 1.58. The van der Waals surface area contributed by atoms with Gasteiger partial charge in [0.05, 0.1) is 23.5 Å². The number of nitrogens with zero attached hydrogens (tertiary/aromatic N) is 3. The predicted molar refractivity (Wildman–Crippen MR) is 93.6 cm³/mol. The molecule has 0 radical (unpaired) electrons. The van der Waals surface area contributed by atoms with Crippen molar-refractivity contribution < 1.29 is 17.6 Å². The highest BCUT2D eigenvalue weighted by Crippen LogP contribution is 2.32. The summed E-state index contributed by atoms with van der Waals surface area (Å²) < 4.78 is 52.4. The first-order chi connectivity index (χ1) is 12.0. The Kier molecular flexibility index (Phi) is 5.44. The first kappa shape index (κ1) is 19.6. The Bertz CT molecular complexity index is 885. The zero-order valence-electron chi connectivity index (χ0n) is 14.6. The van der Waals surface area contributed by atoms with Crippen LogP contribution in [0.3, 0.4) is 0 Å². The number of aromatic nitrogens is 2. The number of hydrogen-bond acceptors (Lipinski definition) is 4. The number of anilines is 1. The number of aryl methyl sites for hydroxylation is 1. The van der Waals surface area contributed by atoms with Crippen molar-refractivity contribution in [1.82, 2.24) is 10.2 Å². The van der Waals surface area contributed by atoms with Gasteiger partial charge in [0, 0.05) is 12.6 Å². The van der Waals surface area contributed by atoms with Crippen molar-refractivity contribution in [3.63, 3.8) is 0 Å². The molecular weight excluding hydrogens is 348 g/mol. The van der Waals surface area contributed by atoms with Crippen molar-refractivity contribution in [2.45, 2.75) is 26.4 Å². The molecule has 0 aliphatic carbocycles. The lowest BCUT2D eigenvalue weighted by Gasteiger charge is -2.14. The molecule has 1 heterocycles. The summed E-state index contributed by atoms with van der Waals surface area (Å²) >= 11 is 0. The van der Waals surface area contributed by atoms with Crippen LogP contribution in [0.1, 0.15) is 23.7 Å². The number of hydrogen-bond donors (Lipinski definition) is 1. The lowest BCUT2D eigenvalue weighted by molar-refractivity contribution is -0.127. The lowest BCUT2D eigenvalue weighted by atomic mass is 9.98. The van der Waals surface area contributed by atoms with E-state index >= 15 is 0 Å². The second-order valence-electron chi connectivity index (χ2n) is 5.94. The zero-order valence-corrected chi connectivity index (χ0v) is 14.6. The van der Waals surface area contributed by atoms with Crippen molar-refractivity contribution in [2.24, 2.45) is 4.99 Å². The van der Waals surface area contributed by atoms with E-state index in [4.69, 9.17) is 5.73 Å². The summed E-state index contributed by atoms with van der Waals surface area (Å²) in [5, 5.41) is 8.04. The van der Waals surface area contributed by atoms with Gasteiger partial charge in [0.2, 0.25) is 0 Å². The topological polar surface area (TPSA) is 64.2 Å². The molecule has 2 N–H and O–H groups in total. The monoisotopic (exact) mass is 366 g/mol. The average Bonchev–Trinajstić information content (AvgIpc) is 2.51. The van der Waals surface area contributed by atoms with E-state index in [0.29, 0.717) is 22.5 Å². The van der Waals surface area contributed by atoms with Crippen LogP contribution in [0.4, 0.5) is 23.2 Å². The molecule has 138 valence electrons. The lowest BCUT2D eigenvalue weighted by Crippen LogP contribution is -2.14. The molecule has 2 aromatic rings. The summed E-state index contributed by atoms with van der Waals surface area (Å²) in [6, 6.07) is 3.48. The Morgan fingerprint density at radius 3 is 2.38 bits per heavy atom. The molecule has 0 spiro atoms. The number of nitrogens with two attached hydrogens (primary N) is 1. The van der Waals surface area contributed by atoms with Gasteiger partial charge < -0.3 is 5.73 Å². The normalized spacial score (nSPS) is 12.3. The van der Waals surface area contributed by atoms with Crippen molar-refractivity contribution in [3.8, 4) is 11.3 Å². The maximum Gasteiger partial charge on any atom is 0.393 e.